The molecule has 0 aromatic rings. The van der Waals surface area contributed by atoms with Gasteiger partial charge in [0, 0.05) is 50.1 Å². The zero-order valence-corrected chi connectivity index (χ0v) is 27.8. The largest absolute Gasteiger partial charge is 0.396 e. The molecule has 3 N–H and O–H groups in total. The molecule has 1 saturated heterocycles. The summed E-state index contributed by atoms with van der Waals surface area (Å²) < 4.78 is 0. The van der Waals surface area contributed by atoms with Gasteiger partial charge in [0.1, 0.15) is 6.04 Å². The monoisotopic (exact) mass is 555 g/mol. The van der Waals surface area contributed by atoms with E-state index in [-0.39, 0.29) is 36.4 Å². The van der Waals surface area contributed by atoms with Crippen LogP contribution in [0.1, 0.15) is 115 Å². The van der Waals surface area contributed by atoms with E-state index in [4.69, 9.17) is 5.11 Å². The molecule has 1 rings (SSSR count). The Kier molecular flexibility index (Phi) is 28.1. The summed E-state index contributed by atoms with van der Waals surface area (Å²) in [5.41, 5.74) is 1.57. The van der Waals surface area contributed by atoms with Crippen LogP contribution < -0.4 is 10.6 Å². The molecular weight excluding hydrogens is 488 g/mol. The number of aliphatic hydroxyl groups is 1. The maximum atomic E-state index is 13.2. The van der Waals surface area contributed by atoms with Gasteiger partial charge in [-0.25, -0.2) is 0 Å². The van der Waals surface area contributed by atoms with Crippen LogP contribution in [-0.2, 0) is 9.59 Å². The lowest BCUT2D eigenvalue weighted by atomic mass is 9.96. The van der Waals surface area contributed by atoms with E-state index in [0.29, 0.717) is 37.5 Å². The van der Waals surface area contributed by atoms with Gasteiger partial charge in [0.25, 0.3) is 0 Å². The van der Waals surface area contributed by atoms with Crippen LogP contribution in [-0.4, -0.2) is 78.1 Å². The predicted molar refractivity (Wildman–Crippen MR) is 170 cm³/mol. The number of aliphatic hydroxyl groups excluding tert-OH is 1. The van der Waals surface area contributed by atoms with Gasteiger partial charge < -0.3 is 20.6 Å². The topological polar surface area (TPSA) is 84.9 Å². The van der Waals surface area contributed by atoms with Crippen LogP contribution in [0, 0.1) is 5.92 Å². The minimum absolute atomic E-state index is 0.0477. The summed E-state index contributed by atoms with van der Waals surface area (Å²) >= 11 is 0. The van der Waals surface area contributed by atoms with Crippen LogP contribution in [0.5, 0.6) is 0 Å². The van der Waals surface area contributed by atoms with Crippen LogP contribution >= 0.6 is 0 Å². The molecule has 2 atom stereocenters. The standard InChI is InChI=1S/C25H46N4O3.C3H8.2C2H6/c1-18(2)23(27-21(6)22-13-8-9-16-29(22)19(3)4)25(32)28(7)15-10-12-20(5)24(31)26-14-11-17-30;1-3-2;2*1-2/h12,18-19,22-23,27,30H,6,8-11,13-17H2,1-5,7H3,(H,26,31);3H2,1-2H3;2*1-2H3/b20-12+;;;. The van der Waals surface area contributed by atoms with E-state index in [1.807, 2.05) is 40.8 Å². The highest BCUT2D eigenvalue weighted by molar-refractivity contribution is 5.92. The second kappa shape index (κ2) is 26.4. The third-order valence-corrected chi connectivity index (χ3v) is 6.15. The third kappa shape index (κ3) is 18.2. The smallest absolute Gasteiger partial charge is 0.246 e. The fourth-order valence-electron chi connectivity index (χ4n) is 4.09. The Morgan fingerprint density at radius 2 is 1.67 bits per heavy atom. The molecule has 1 aliphatic rings. The van der Waals surface area contributed by atoms with E-state index in [1.54, 1.807) is 11.8 Å². The summed E-state index contributed by atoms with van der Waals surface area (Å²) in [6.07, 6.45) is 7.73. The van der Waals surface area contributed by atoms with Gasteiger partial charge in [0.05, 0.1) is 0 Å². The summed E-state index contributed by atoms with van der Waals surface area (Å²) in [7, 11) is 1.81. The van der Waals surface area contributed by atoms with Crippen molar-refractivity contribution in [2.24, 2.45) is 5.92 Å². The minimum Gasteiger partial charge on any atom is -0.396 e. The van der Waals surface area contributed by atoms with Crippen molar-refractivity contribution in [1.82, 2.24) is 20.4 Å². The molecule has 2 amide bonds. The van der Waals surface area contributed by atoms with E-state index in [9.17, 15) is 9.59 Å². The lowest BCUT2D eigenvalue weighted by Gasteiger charge is -2.41. The van der Waals surface area contributed by atoms with Crippen LogP contribution in [0.3, 0.4) is 0 Å². The fourth-order valence-corrected chi connectivity index (χ4v) is 4.09. The van der Waals surface area contributed by atoms with E-state index in [1.165, 1.54) is 19.3 Å². The zero-order valence-electron chi connectivity index (χ0n) is 27.8. The number of hydrogen-bond acceptors (Lipinski definition) is 5. The lowest BCUT2D eigenvalue weighted by molar-refractivity contribution is -0.133. The molecule has 0 radical (unpaired) electrons. The van der Waals surface area contributed by atoms with Gasteiger partial charge in [-0.15, -0.1) is 0 Å². The number of hydrogen-bond donors (Lipinski definition) is 3. The third-order valence-electron chi connectivity index (χ3n) is 6.15. The van der Waals surface area contributed by atoms with Crippen LogP contribution in [0.15, 0.2) is 23.9 Å². The van der Waals surface area contributed by atoms with Gasteiger partial charge in [-0.2, -0.15) is 0 Å². The number of likely N-dealkylation sites (N-methyl/N-ethyl adjacent to an activating group) is 1. The van der Waals surface area contributed by atoms with Crippen molar-refractivity contribution in [3.05, 3.63) is 23.9 Å². The average molecular weight is 555 g/mol. The fraction of sp³-hybridized carbons (Fsp3) is 0.812. The van der Waals surface area contributed by atoms with Crippen molar-refractivity contribution in [2.75, 3.05) is 33.3 Å². The Balaban J connectivity index is -0.00000169. The maximum absolute atomic E-state index is 13.2. The molecule has 0 aromatic heterocycles. The predicted octanol–water partition coefficient (Wildman–Crippen LogP) is 6.14. The first-order valence-electron chi connectivity index (χ1n) is 15.5. The van der Waals surface area contributed by atoms with Crippen molar-refractivity contribution >= 4 is 11.8 Å². The first kappa shape index (κ1) is 41.6. The summed E-state index contributed by atoms with van der Waals surface area (Å²) in [5, 5.41) is 15.0. The number of carbonyl (C=O) groups is 2. The number of amides is 2. The van der Waals surface area contributed by atoms with E-state index in [0.717, 1.165) is 18.7 Å². The number of carbonyl (C=O) groups excluding carboxylic acids is 2. The molecular formula is C32H66N4O3. The normalized spacial score (nSPS) is 16.0. The maximum Gasteiger partial charge on any atom is 0.246 e. The molecule has 1 heterocycles. The average Bonchev–Trinajstić information content (AvgIpc) is 2.93. The number of rotatable bonds is 13. The van der Waals surface area contributed by atoms with Gasteiger partial charge in [-0.05, 0) is 58.9 Å². The molecule has 2 unspecified atom stereocenters. The molecule has 39 heavy (non-hydrogen) atoms. The van der Waals surface area contributed by atoms with Crippen molar-refractivity contribution in [3.8, 4) is 0 Å². The molecule has 7 heteroatoms. The Morgan fingerprint density at radius 1 is 1.10 bits per heavy atom. The summed E-state index contributed by atoms with van der Waals surface area (Å²) in [6.45, 7) is 29.0. The lowest BCUT2D eigenvalue weighted by Crippen LogP contribution is -2.53. The molecule has 0 spiro atoms. The number of nitrogens with zero attached hydrogens (tertiary/aromatic N) is 2. The minimum atomic E-state index is -0.324. The number of likely N-dealkylation sites (tertiary alicyclic amines) is 1. The first-order valence-corrected chi connectivity index (χ1v) is 15.5. The molecule has 1 aliphatic heterocycles. The quantitative estimate of drug-likeness (QED) is 0.188. The molecule has 1 fully saturated rings. The van der Waals surface area contributed by atoms with Gasteiger partial charge in [0.15, 0.2) is 0 Å². The Labute approximate surface area is 242 Å². The van der Waals surface area contributed by atoms with Gasteiger partial charge >= 0.3 is 0 Å². The summed E-state index contributed by atoms with van der Waals surface area (Å²) in [4.78, 5) is 29.4. The molecule has 0 saturated carbocycles. The Morgan fingerprint density at radius 3 is 2.15 bits per heavy atom. The number of nitrogens with one attached hydrogen (secondary N) is 2. The SMILES string of the molecule is C=C(NC(C(=O)N(C)CC/C=C(\C)C(=O)NCCCO)C(C)C)C1CCCCN1C(C)C.CC.CC.CCC. The molecule has 0 aliphatic carbocycles. The molecule has 232 valence electrons. The molecule has 0 aromatic carbocycles. The summed E-state index contributed by atoms with van der Waals surface area (Å²) in [5.74, 6) is 0.0477. The van der Waals surface area contributed by atoms with Crippen LogP contribution in [0.25, 0.3) is 0 Å². The van der Waals surface area contributed by atoms with Crippen molar-refractivity contribution in [3.63, 3.8) is 0 Å². The van der Waals surface area contributed by atoms with E-state index < -0.39 is 0 Å². The van der Waals surface area contributed by atoms with Crippen molar-refractivity contribution in [2.45, 2.75) is 133 Å². The van der Waals surface area contributed by atoms with Crippen molar-refractivity contribution in [1.29, 1.82) is 0 Å². The zero-order chi connectivity index (χ0) is 31.0. The first-order chi connectivity index (χ1) is 18.5. The number of piperidine rings is 1. The summed E-state index contributed by atoms with van der Waals surface area (Å²) in [6, 6.07) is 0.388. The van der Waals surface area contributed by atoms with E-state index >= 15 is 0 Å². The van der Waals surface area contributed by atoms with E-state index in [2.05, 4.69) is 63.7 Å². The van der Waals surface area contributed by atoms with Crippen LogP contribution in [0.2, 0.25) is 0 Å². The van der Waals surface area contributed by atoms with Gasteiger partial charge in [0.2, 0.25) is 11.8 Å². The Bertz CT molecular complexity index is 662. The van der Waals surface area contributed by atoms with Crippen LogP contribution in [0.4, 0.5) is 0 Å². The van der Waals surface area contributed by atoms with Crippen molar-refractivity contribution < 1.29 is 14.7 Å². The molecule has 7 nitrogen and oxygen atoms in total. The van der Waals surface area contributed by atoms with Gasteiger partial charge in [-0.3, -0.25) is 14.5 Å². The highest BCUT2D eigenvalue weighted by atomic mass is 16.3. The van der Waals surface area contributed by atoms with Gasteiger partial charge in [-0.1, -0.05) is 80.9 Å². The molecule has 0 bridgehead atoms. The second-order valence-electron chi connectivity index (χ2n) is 10.2. The Hall–Kier alpha value is -1.86. The second-order valence-corrected chi connectivity index (χ2v) is 10.2. The highest BCUT2D eigenvalue weighted by Crippen LogP contribution is 2.24. The highest BCUT2D eigenvalue weighted by Gasteiger charge is 2.31.